The van der Waals surface area contributed by atoms with E-state index in [0.717, 1.165) is 16.7 Å². The number of aliphatic hydroxyl groups is 1. The van der Waals surface area contributed by atoms with Gasteiger partial charge < -0.3 is 29.5 Å². The highest BCUT2D eigenvalue weighted by atomic mass is 19.4. The van der Waals surface area contributed by atoms with E-state index in [-0.39, 0.29) is 32.0 Å². The number of carbonyl (C=O) groups excluding carboxylic acids is 2. The first kappa shape index (κ1) is 33.8. The van der Waals surface area contributed by atoms with Gasteiger partial charge in [0.1, 0.15) is 17.1 Å². The second-order valence-electron chi connectivity index (χ2n) is 11.0. The zero-order valence-electron chi connectivity index (χ0n) is 25.4. The van der Waals surface area contributed by atoms with Crippen molar-refractivity contribution in [1.82, 2.24) is 10.2 Å². The van der Waals surface area contributed by atoms with E-state index in [0.29, 0.717) is 37.2 Å². The van der Waals surface area contributed by atoms with Gasteiger partial charge in [-0.3, -0.25) is 9.59 Å². The number of nitrogens with one attached hydrogen (secondary N) is 1. The molecule has 2 amide bonds. The summed E-state index contributed by atoms with van der Waals surface area (Å²) in [5.41, 5.74) is 1.47. The summed E-state index contributed by atoms with van der Waals surface area (Å²) >= 11 is 0. The minimum atomic E-state index is -4.91. The molecular weight excluding hydrogens is 589 g/mol. The Balaban J connectivity index is 1.53. The number of likely N-dealkylation sites (tertiary alicyclic amines) is 1. The number of rotatable bonds is 14. The minimum Gasteiger partial charge on any atom is -0.497 e. The van der Waals surface area contributed by atoms with E-state index in [4.69, 9.17) is 14.2 Å². The number of carbonyl (C=O) groups is 2. The Labute approximate surface area is 261 Å². The molecule has 0 aliphatic carbocycles. The molecule has 3 aromatic rings. The number of methoxy groups -OCH3 is 2. The monoisotopic (exact) mass is 628 g/mol. The molecule has 0 unspecified atom stereocenters. The Kier molecular flexibility index (Phi) is 11.5. The number of aliphatic hydroxyl groups excluding tert-OH is 1. The Morgan fingerprint density at radius 2 is 1.40 bits per heavy atom. The number of nitrogens with zero attached hydrogens (tertiary/aromatic N) is 1. The molecule has 8 nitrogen and oxygen atoms in total. The molecule has 0 aromatic heterocycles. The van der Waals surface area contributed by atoms with E-state index in [9.17, 15) is 27.9 Å². The van der Waals surface area contributed by atoms with Crippen molar-refractivity contribution in [1.29, 1.82) is 0 Å². The Morgan fingerprint density at radius 3 is 1.93 bits per heavy atom. The molecule has 2 atom stereocenters. The van der Waals surface area contributed by atoms with E-state index < -0.39 is 29.8 Å². The number of ether oxygens (including phenoxy) is 3. The number of halogens is 3. The zero-order valence-corrected chi connectivity index (χ0v) is 25.4. The third-order valence-electron chi connectivity index (χ3n) is 7.99. The van der Waals surface area contributed by atoms with Gasteiger partial charge in [-0.05, 0) is 60.2 Å². The predicted molar refractivity (Wildman–Crippen MR) is 162 cm³/mol. The van der Waals surface area contributed by atoms with Crippen LogP contribution >= 0.6 is 0 Å². The second-order valence-corrected chi connectivity index (χ2v) is 11.0. The number of amides is 2. The van der Waals surface area contributed by atoms with Crippen LogP contribution in [-0.2, 0) is 19.9 Å². The van der Waals surface area contributed by atoms with Crippen LogP contribution in [-0.4, -0.2) is 74.1 Å². The van der Waals surface area contributed by atoms with Crippen molar-refractivity contribution < 1.29 is 42.1 Å². The van der Waals surface area contributed by atoms with Crippen molar-refractivity contribution in [3.05, 3.63) is 95.6 Å². The maximum atomic E-state index is 13.3. The fourth-order valence-corrected chi connectivity index (χ4v) is 5.67. The highest BCUT2D eigenvalue weighted by Gasteiger charge is 2.41. The van der Waals surface area contributed by atoms with E-state index in [1.54, 1.807) is 19.1 Å². The summed E-state index contributed by atoms with van der Waals surface area (Å²) in [6, 6.07) is 24.6. The fraction of sp³-hybridized carbons (Fsp3) is 0.412. The summed E-state index contributed by atoms with van der Waals surface area (Å²) in [7, 11) is 3.20. The molecule has 11 heteroatoms. The third-order valence-corrected chi connectivity index (χ3v) is 7.99. The van der Waals surface area contributed by atoms with Crippen molar-refractivity contribution in [3.63, 3.8) is 0 Å². The lowest BCUT2D eigenvalue weighted by atomic mass is 9.80. The number of benzene rings is 3. The summed E-state index contributed by atoms with van der Waals surface area (Å²) in [5, 5.41) is 12.4. The lowest BCUT2D eigenvalue weighted by Gasteiger charge is -2.38. The van der Waals surface area contributed by atoms with Gasteiger partial charge in [-0.2, -0.15) is 13.2 Å². The van der Waals surface area contributed by atoms with E-state index in [2.05, 4.69) is 0 Å². The average Bonchev–Trinajstić information content (AvgIpc) is 3.43. The molecule has 0 bridgehead atoms. The number of β-amino-alcohol motifs (C(OH)–C–C–N with tert-alkyl or cyclic N) is 1. The second kappa shape index (κ2) is 15.3. The quantitative estimate of drug-likeness (QED) is 0.188. The van der Waals surface area contributed by atoms with Crippen molar-refractivity contribution in [2.24, 2.45) is 0 Å². The van der Waals surface area contributed by atoms with Gasteiger partial charge in [0.05, 0.1) is 33.0 Å². The molecule has 0 radical (unpaired) electrons. The Hall–Kier alpha value is -4.09. The molecule has 3 aromatic carbocycles. The van der Waals surface area contributed by atoms with Crippen LogP contribution in [0.25, 0.3) is 0 Å². The van der Waals surface area contributed by atoms with Crippen LogP contribution in [0.4, 0.5) is 13.2 Å². The molecule has 2 N–H and O–H groups in total. The van der Waals surface area contributed by atoms with Gasteiger partial charge in [0.2, 0.25) is 5.91 Å². The van der Waals surface area contributed by atoms with Gasteiger partial charge >= 0.3 is 12.1 Å². The molecule has 1 aliphatic heterocycles. The number of hydrogen-bond acceptors (Lipinski definition) is 6. The van der Waals surface area contributed by atoms with Gasteiger partial charge in [0.25, 0.3) is 0 Å². The largest absolute Gasteiger partial charge is 0.497 e. The van der Waals surface area contributed by atoms with E-state index >= 15 is 0 Å². The van der Waals surface area contributed by atoms with Crippen molar-refractivity contribution in [3.8, 4) is 11.5 Å². The Bertz CT molecular complexity index is 1340. The average molecular weight is 629 g/mol. The molecule has 45 heavy (non-hydrogen) atoms. The normalized spacial score (nSPS) is 16.8. The Morgan fingerprint density at radius 1 is 0.844 bits per heavy atom. The molecule has 0 saturated carbocycles. The van der Waals surface area contributed by atoms with Crippen LogP contribution in [0, 0.1) is 0 Å². The maximum Gasteiger partial charge on any atom is 0.471 e. The van der Waals surface area contributed by atoms with Crippen LogP contribution in [0.5, 0.6) is 11.5 Å². The SMILES string of the molecule is COc1ccc(C(OC[C@@H]2C[C@@H](O)CN2C(=O)CCCCCNC(=O)C(F)(F)F)(c2ccccc2)c2ccc(OC)cc2)cc1. The first-order chi connectivity index (χ1) is 21.6. The predicted octanol–water partition coefficient (Wildman–Crippen LogP) is 5.21. The molecule has 242 valence electrons. The first-order valence-corrected chi connectivity index (χ1v) is 14.9. The summed E-state index contributed by atoms with van der Waals surface area (Å²) in [5.74, 6) is -0.760. The molecule has 1 heterocycles. The highest BCUT2D eigenvalue weighted by Crippen LogP contribution is 2.42. The molecular formula is C34H39F3N2O6. The standard InChI is InChI=1S/C34H39F3N2O6/c1-43-29-16-12-25(13-17-29)33(24-9-5-3-6-10-24,26-14-18-30(44-2)19-15-26)45-23-27-21-28(40)22-39(27)31(41)11-7-4-8-20-38-32(42)34(35,36)37/h3,5-6,9-10,12-19,27-28,40H,4,7-8,11,20-23H2,1-2H3,(H,38,42)/t27-,28+/m0/s1. The van der Waals surface area contributed by atoms with Gasteiger partial charge in [-0.1, -0.05) is 61.0 Å². The number of alkyl halides is 3. The summed E-state index contributed by atoms with van der Waals surface area (Å²) in [4.78, 5) is 25.9. The van der Waals surface area contributed by atoms with Crippen LogP contribution in [0.15, 0.2) is 78.9 Å². The maximum absolute atomic E-state index is 13.3. The van der Waals surface area contributed by atoms with Gasteiger partial charge in [0.15, 0.2) is 0 Å². The molecule has 0 spiro atoms. The lowest BCUT2D eigenvalue weighted by Crippen LogP contribution is -2.42. The fourth-order valence-electron chi connectivity index (χ4n) is 5.67. The van der Waals surface area contributed by atoms with Gasteiger partial charge in [-0.15, -0.1) is 0 Å². The molecule has 1 fully saturated rings. The van der Waals surface area contributed by atoms with E-state index in [1.165, 1.54) is 0 Å². The number of hydrogen-bond donors (Lipinski definition) is 2. The van der Waals surface area contributed by atoms with E-state index in [1.807, 2.05) is 84.2 Å². The van der Waals surface area contributed by atoms with Crippen LogP contribution in [0.3, 0.4) is 0 Å². The lowest BCUT2D eigenvalue weighted by molar-refractivity contribution is -0.173. The smallest absolute Gasteiger partial charge is 0.471 e. The first-order valence-electron chi connectivity index (χ1n) is 14.9. The molecule has 1 aliphatic rings. The minimum absolute atomic E-state index is 0.121. The summed E-state index contributed by atoms with van der Waals surface area (Å²) in [6.45, 7) is 0.168. The van der Waals surface area contributed by atoms with Crippen LogP contribution < -0.4 is 14.8 Å². The van der Waals surface area contributed by atoms with Gasteiger partial charge in [-0.25, -0.2) is 0 Å². The number of unbranched alkanes of at least 4 members (excludes halogenated alkanes) is 2. The van der Waals surface area contributed by atoms with Gasteiger partial charge in [0, 0.05) is 19.5 Å². The topological polar surface area (TPSA) is 97.3 Å². The summed E-state index contributed by atoms with van der Waals surface area (Å²) < 4.78 is 54.8. The highest BCUT2D eigenvalue weighted by molar-refractivity contribution is 5.81. The van der Waals surface area contributed by atoms with Crippen LogP contribution in [0.2, 0.25) is 0 Å². The van der Waals surface area contributed by atoms with Crippen molar-refractivity contribution in [2.75, 3.05) is 33.9 Å². The van der Waals surface area contributed by atoms with Crippen LogP contribution in [0.1, 0.15) is 48.8 Å². The molecule has 4 rings (SSSR count). The van der Waals surface area contributed by atoms with Crippen molar-refractivity contribution >= 4 is 11.8 Å². The molecule has 1 saturated heterocycles. The summed E-state index contributed by atoms with van der Waals surface area (Å²) in [6.07, 6.45) is -3.91. The van der Waals surface area contributed by atoms with Crippen molar-refractivity contribution in [2.45, 2.75) is 56.0 Å². The zero-order chi connectivity index (χ0) is 32.5. The third kappa shape index (κ3) is 8.34.